The lowest BCUT2D eigenvalue weighted by atomic mass is 10.1. The van der Waals surface area contributed by atoms with E-state index in [0.29, 0.717) is 37.4 Å². The molecule has 5 rings (SSSR count). The molecule has 1 heterocycles. The molecule has 0 spiro atoms. The molecule has 0 atom stereocenters. The highest BCUT2D eigenvalue weighted by Gasteiger charge is 2.33. The van der Waals surface area contributed by atoms with Crippen LogP contribution in [-0.4, -0.2) is 37.7 Å². The number of carbonyl (C=O) groups excluding carboxylic acids is 1. The van der Waals surface area contributed by atoms with Gasteiger partial charge < -0.3 is 14.6 Å². The number of aromatic nitrogens is 1. The van der Waals surface area contributed by atoms with Crippen LogP contribution in [0.25, 0.3) is 21.8 Å². The van der Waals surface area contributed by atoms with E-state index in [9.17, 15) is 18.0 Å². The van der Waals surface area contributed by atoms with E-state index in [2.05, 4.69) is 4.98 Å². The van der Waals surface area contributed by atoms with Crippen molar-refractivity contribution in [2.45, 2.75) is 17.7 Å². The van der Waals surface area contributed by atoms with E-state index >= 15 is 0 Å². The fourth-order valence-corrected chi connectivity index (χ4v) is 5.61. The van der Waals surface area contributed by atoms with Gasteiger partial charge in [-0.2, -0.15) is 4.31 Å². The van der Waals surface area contributed by atoms with Crippen molar-refractivity contribution >= 4 is 49.6 Å². The summed E-state index contributed by atoms with van der Waals surface area (Å²) in [5.74, 6) is -0.298. The predicted octanol–water partition coefficient (Wildman–Crippen LogP) is 5.81. The van der Waals surface area contributed by atoms with Gasteiger partial charge in [-0.1, -0.05) is 36.4 Å². The van der Waals surface area contributed by atoms with Gasteiger partial charge in [0.1, 0.15) is 5.75 Å². The topological polar surface area (TPSA) is 123 Å². The van der Waals surface area contributed by atoms with E-state index in [0.717, 1.165) is 0 Å². The Balaban J connectivity index is 1.59. The molecule has 0 aliphatic carbocycles. The van der Waals surface area contributed by atoms with Crippen LogP contribution in [0.5, 0.6) is 11.5 Å². The van der Waals surface area contributed by atoms with E-state index in [1.807, 2.05) is 12.1 Å². The van der Waals surface area contributed by atoms with Crippen molar-refractivity contribution in [1.29, 1.82) is 0 Å². The van der Waals surface area contributed by atoms with Gasteiger partial charge in [0.15, 0.2) is 5.75 Å². The largest absolute Gasteiger partial charge is 0.497 e. The molecule has 1 amide bonds. The van der Waals surface area contributed by atoms with Gasteiger partial charge in [-0.3, -0.25) is 4.79 Å². The second-order valence-corrected chi connectivity index (χ2v) is 10.6. The molecular weight excluding hydrogens is 532 g/mol. The lowest BCUT2D eigenvalue weighted by Gasteiger charge is -2.23. The Hall–Kier alpha value is -4.96. The average molecular weight is 557 g/mol. The van der Waals surface area contributed by atoms with Crippen molar-refractivity contribution in [2.24, 2.45) is 0 Å². The van der Waals surface area contributed by atoms with Gasteiger partial charge in [0.25, 0.3) is 10.0 Å². The first-order valence-corrected chi connectivity index (χ1v) is 13.7. The van der Waals surface area contributed by atoms with Gasteiger partial charge in [0.2, 0.25) is 0 Å². The number of carboxylic acids is 1. The Morgan fingerprint density at radius 2 is 1.40 bits per heavy atom. The number of aryl methyl sites for hydroxylation is 1. The lowest BCUT2D eigenvalue weighted by molar-refractivity contribution is -0.136. The summed E-state index contributed by atoms with van der Waals surface area (Å²) in [5, 5.41) is 10.0. The van der Waals surface area contributed by atoms with E-state index in [-0.39, 0.29) is 29.2 Å². The van der Waals surface area contributed by atoms with Crippen molar-refractivity contribution in [3.05, 3.63) is 103 Å². The highest BCUT2D eigenvalue weighted by atomic mass is 32.2. The summed E-state index contributed by atoms with van der Waals surface area (Å²) >= 11 is 0. The molecule has 1 N–H and O–H groups in total. The molecule has 10 heteroatoms. The van der Waals surface area contributed by atoms with Crippen LogP contribution < -0.4 is 13.8 Å². The maximum absolute atomic E-state index is 13.9. The van der Waals surface area contributed by atoms with Crippen molar-refractivity contribution in [3.63, 3.8) is 0 Å². The van der Waals surface area contributed by atoms with Crippen molar-refractivity contribution < 1.29 is 32.6 Å². The number of pyridine rings is 1. The SMILES string of the molecule is COc1ccc(N(C(=O)Oc2c3ccccc3nc3ccccc23)S(=O)(=O)c2ccc(CCC(=O)O)cc2)cc1. The summed E-state index contributed by atoms with van der Waals surface area (Å²) in [4.78, 5) is 29.2. The van der Waals surface area contributed by atoms with Gasteiger partial charge in [0.05, 0.1) is 28.7 Å². The number of amides is 1. The third kappa shape index (κ3) is 5.29. The molecule has 0 radical (unpaired) electrons. The third-order valence-electron chi connectivity index (χ3n) is 6.29. The summed E-state index contributed by atoms with van der Waals surface area (Å²) in [6.07, 6.45) is -0.992. The number of carboxylic acid groups (broad SMARTS) is 1. The van der Waals surface area contributed by atoms with Crippen LogP contribution in [0.1, 0.15) is 12.0 Å². The number of carbonyl (C=O) groups is 2. The molecule has 0 aliphatic heterocycles. The van der Waals surface area contributed by atoms with Gasteiger partial charge in [-0.25, -0.2) is 18.2 Å². The van der Waals surface area contributed by atoms with E-state index in [4.69, 9.17) is 14.6 Å². The Morgan fingerprint density at radius 3 is 1.95 bits per heavy atom. The molecule has 0 bridgehead atoms. The number of aliphatic carboxylic acids is 1. The molecule has 1 aromatic heterocycles. The Morgan fingerprint density at radius 1 is 0.825 bits per heavy atom. The van der Waals surface area contributed by atoms with E-state index in [1.165, 1.54) is 55.6 Å². The third-order valence-corrected chi connectivity index (χ3v) is 8.00. The smallest absolute Gasteiger partial charge is 0.434 e. The highest BCUT2D eigenvalue weighted by molar-refractivity contribution is 7.93. The Bertz CT molecular complexity index is 1770. The average Bonchev–Trinajstić information content (AvgIpc) is 2.96. The van der Waals surface area contributed by atoms with Gasteiger partial charge in [-0.15, -0.1) is 0 Å². The summed E-state index contributed by atoms with van der Waals surface area (Å²) in [5.41, 5.74) is 1.86. The number of hydrogen-bond donors (Lipinski definition) is 1. The molecule has 4 aromatic carbocycles. The minimum Gasteiger partial charge on any atom is -0.497 e. The Labute approximate surface area is 230 Å². The lowest BCUT2D eigenvalue weighted by Crippen LogP contribution is -2.39. The molecule has 0 saturated carbocycles. The summed E-state index contributed by atoms with van der Waals surface area (Å²) in [7, 11) is -2.99. The van der Waals surface area contributed by atoms with Crippen LogP contribution in [0, 0.1) is 0 Å². The van der Waals surface area contributed by atoms with E-state index < -0.39 is 22.1 Å². The number of fused-ring (bicyclic) bond motifs is 2. The molecule has 5 aromatic rings. The van der Waals surface area contributed by atoms with Crippen LogP contribution in [0.15, 0.2) is 102 Å². The zero-order valence-corrected chi connectivity index (χ0v) is 22.2. The number of benzene rings is 4. The molecular formula is C30H24N2O7S. The van der Waals surface area contributed by atoms with Crippen LogP contribution in [0.2, 0.25) is 0 Å². The number of rotatable bonds is 8. The number of anilines is 1. The molecule has 40 heavy (non-hydrogen) atoms. The minimum absolute atomic E-state index is 0.0448. The summed E-state index contributed by atoms with van der Waals surface area (Å²) in [6.45, 7) is 0. The second kappa shape index (κ2) is 11.0. The fraction of sp³-hybridized carbons (Fsp3) is 0.100. The number of ether oxygens (including phenoxy) is 2. The number of nitrogens with zero attached hydrogens (tertiary/aromatic N) is 2. The van der Waals surface area contributed by atoms with Crippen molar-refractivity contribution in [2.75, 3.05) is 11.4 Å². The quantitative estimate of drug-likeness (QED) is 0.238. The predicted molar refractivity (Wildman–Crippen MR) is 150 cm³/mol. The maximum Gasteiger partial charge on any atom is 0.434 e. The number of para-hydroxylation sites is 2. The zero-order valence-electron chi connectivity index (χ0n) is 21.4. The molecule has 202 valence electrons. The molecule has 9 nitrogen and oxygen atoms in total. The number of hydrogen-bond acceptors (Lipinski definition) is 7. The minimum atomic E-state index is -4.46. The normalized spacial score (nSPS) is 11.3. The molecule has 0 unspecified atom stereocenters. The van der Waals surface area contributed by atoms with Crippen LogP contribution in [-0.2, 0) is 21.2 Å². The van der Waals surface area contributed by atoms with Gasteiger partial charge in [0, 0.05) is 17.2 Å². The van der Waals surface area contributed by atoms with Gasteiger partial charge in [-0.05, 0) is 72.6 Å². The van der Waals surface area contributed by atoms with Gasteiger partial charge >= 0.3 is 12.1 Å². The maximum atomic E-state index is 13.9. The molecule has 0 aliphatic rings. The van der Waals surface area contributed by atoms with Crippen molar-refractivity contribution in [3.8, 4) is 11.5 Å². The fourth-order valence-electron chi connectivity index (χ4n) is 4.28. The standard InChI is InChI=1S/C30H24N2O7S/c1-38-22-15-13-21(14-16-22)32(40(36,37)23-17-10-20(11-18-23)12-19-28(33)34)30(35)39-29-24-6-2-4-8-26(24)31-27-9-5-3-7-25(27)29/h2-11,13-18H,12,19H2,1H3,(H,33,34). The highest BCUT2D eigenvalue weighted by Crippen LogP contribution is 2.35. The molecule has 0 fully saturated rings. The number of methoxy groups -OCH3 is 1. The first kappa shape index (κ1) is 26.6. The van der Waals surface area contributed by atoms with Crippen LogP contribution in [0.3, 0.4) is 0 Å². The van der Waals surface area contributed by atoms with Crippen LogP contribution >= 0.6 is 0 Å². The zero-order chi connectivity index (χ0) is 28.3. The summed E-state index contributed by atoms with van der Waals surface area (Å²) < 4.78 is 39.5. The first-order valence-electron chi connectivity index (χ1n) is 12.3. The summed E-state index contributed by atoms with van der Waals surface area (Å²) in [6, 6.07) is 25.9. The molecule has 0 saturated heterocycles. The van der Waals surface area contributed by atoms with Crippen molar-refractivity contribution in [1.82, 2.24) is 4.98 Å². The van der Waals surface area contributed by atoms with Crippen LogP contribution in [0.4, 0.5) is 10.5 Å². The number of sulfonamides is 1. The Kier molecular flexibility index (Phi) is 7.35. The first-order chi connectivity index (χ1) is 19.3. The monoisotopic (exact) mass is 556 g/mol. The van der Waals surface area contributed by atoms with E-state index in [1.54, 1.807) is 36.4 Å². The second-order valence-electron chi connectivity index (χ2n) is 8.85.